The van der Waals surface area contributed by atoms with Crippen molar-refractivity contribution in [1.29, 1.82) is 0 Å². The first-order valence-corrected chi connectivity index (χ1v) is 19.0. The van der Waals surface area contributed by atoms with Gasteiger partial charge in [0.15, 0.2) is 0 Å². The zero-order valence-electron chi connectivity index (χ0n) is 28.7. The minimum atomic E-state index is 0.162. The van der Waals surface area contributed by atoms with E-state index in [0.717, 1.165) is 23.7 Å². The average Bonchev–Trinajstić information content (AvgIpc) is 3.82. The lowest BCUT2D eigenvalue weighted by molar-refractivity contribution is -0.231. The Morgan fingerprint density at radius 2 is 1.14 bits per heavy atom. The monoisotopic (exact) mass is 653 g/mol. The Balaban J connectivity index is 1.08. The van der Waals surface area contributed by atoms with Gasteiger partial charge in [-0.15, -0.1) is 0 Å². The highest BCUT2D eigenvalue weighted by Crippen LogP contribution is 2.89. The van der Waals surface area contributed by atoms with E-state index in [1.165, 1.54) is 86.9 Å². The van der Waals surface area contributed by atoms with E-state index in [0.29, 0.717) is 5.41 Å². The van der Waals surface area contributed by atoms with Crippen LogP contribution in [-0.4, -0.2) is 0 Å². The second-order valence-electron chi connectivity index (χ2n) is 16.1. The topological polar surface area (TPSA) is 3.24 Å². The van der Waals surface area contributed by atoms with Gasteiger partial charge in [0.1, 0.15) is 0 Å². The van der Waals surface area contributed by atoms with E-state index < -0.39 is 0 Å². The first-order valence-electron chi connectivity index (χ1n) is 19.0. The number of anilines is 3. The summed E-state index contributed by atoms with van der Waals surface area (Å²) in [6, 6.07) is 61.5. The minimum absolute atomic E-state index is 0.162. The molecule has 0 aliphatic heterocycles. The smallest absolute Gasteiger partial charge is 0.0540 e. The van der Waals surface area contributed by atoms with Crippen LogP contribution in [0, 0.1) is 29.1 Å². The van der Waals surface area contributed by atoms with Gasteiger partial charge in [-0.2, -0.15) is 0 Å². The number of fused-ring (bicyclic) bond motifs is 9. The Bertz CT molecular complexity index is 2530. The zero-order chi connectivity index (χ0) is 33.3. The third kappa shape index (κ3) is 3.48. The molecule has 2 bridgehead atoms. The van der Waals surface area contributed by atoms with Crippen molar-refractivity contribution in [2.45, 2.75) is 31.1 Å². The highest BCUT2D eigenvalue weighted by Gasteiger charge is 2.84. The summed E-state index contributed by atoms with van der Waals surface area (Å²) >= 11 is 0. The van der Waals surface area contributed by atoms with Crippen LogP contribution < -0.4 is 4.90 Å². The molecule has 0 saturated heterocycles. The molecular formula is C50H39N. The Hall–Kier alpha value is -5.40. The summed E-state index contributed by atoms with van der Waals surface area (Å²) in [6.07, 6.45) is 5.82. The third-order valence-corrected chi connectivity index (χ3v) is 14.3. The molecule has 4 fully saturated rings. The van der Waals surface area contributed by atoms with Crippen molar-refractivity contribution in [2.24, 2.45) is 29.1 Å². The Kier molecular flexibility index (Phi) is 5.61. The molecule has 4 saturated carbocycles. The molecule has 6 atom stereocenters. The fraction of sp³-hybridized carbons (Fsp3) is 0.200. The van der Waals surface area contributed by atoms with Gasteiger partial charge in [0, 0.05) is 22.4 Å². The molecule has 7 aromatic rings. The van der Waals surface area contributed by atoms with Crippen LogP contribution in [0.3, 0.4) is 0 Å². The van der Waals surface area contributed by atoms with Gasteiger partial charge in [-0.3, -0.25) is 0 Å². The maximum Gasteiger partial charge on any atom is 0.0540 e. The molecule has 0 heterocycles. The van der Waals surface area contributed by atoms with Crippen LogP contribution in [0.25, 0.3) is 44.2 Å². The first-order chi connectivity index (χ1) is 25.3. The molecule has 7 aromatic carbocycles. The molecule has 6 unspecified atom stereocenters. The molecule has 5 aliphatic carbocycles. The predicted molar refractivity (Wildman–Crippen MR) is 211 cm³/mol. The standard InChI is InChI=1S/C50H39N/c1-3-13-33(14-4-1)38-21-11-15-34-16-12-22-42(48(34)38)41-20-8-10-24-45(41)51(36-17-5-2-6-18-36)37-25-26-40-39-19-7-9-23-43(39)50(44(40)30-37)46-28-32-27-35-29-47(50)49(35,46)31-32/h1-26,30,32,35,46-47H,27-29,31H2. The van der Waals surface area contributed by atoms with Gasteiger partial charge in [0.2, 0.25) is 0 Å². The second kappa shape index (κ2) is 10.1. The van der Waals surface area contributed by atoms with Gasteiger partial charge in [0.25, 0.3) is 0 Å². The zero-order valence-corrected chi connectivity index (χ0v) is 28.7. The van der Waals surface area contributed by atoms with Crippen molar-refractivity contribution in [2.75, 3.05) is 4.90 Å². The van der Waals surface area contributed by atoms with Crippen molar-refractivity contribution in [3.8, 4) is 33.4 Å². The maximum atomic E-state index is 2.63. The second-order valence-corrected chi connectivity index (χ2v) is 16.1. The summed E-state index contributed by atoms with van der Waals surface area (Å²) < 4.78 is 0. The molecule has 2 spiro atoms. The summed E-state index contributed by atoms with van der Waals surface area (Å²) in [7, 11) is 0. The van der Waals surface area contributed by atoms with Crippen molar-refractivity contribution in [3.05, 3.63) is 175 Å². The summed E-state index contributed by atoms with van der Waals surface area (Å²) in [4.78, 5) is 2.54. The lowest BCUT2D eigenvalue weighted by Crippen LogP contribution is -2.73. The highest BCUT2D eigenvalue weighted by atomic mass is 15.1. The minimum Gasteiger partial charge on any atom is -0.310 e. The third-order valence-electron chi connectivity index (χ3n) is 14.3. The molecule has 5 aliphatic rings. The average molecular weight is 654 g/mol. The molecule has 244 valence electrons. The van der Waals surface area contributed by atoms with Crippen molar-refractivity contribution in [1.82, 2.24) is 0 Å². The van der Waals surface area contributed by atoms with Gasteiger partial charge in [-0.05, 0) is 135 Å². The largest absolute Gasteiger partial charge is 0.310 e. The molecule has 1 heteroatoms. The number of para-hydroxylation sites is 2. The van der Waals surface area contributed by atoms with E-state index in [9.17, 15) is 0 Å². The van der Waals surface area contributed by atoms with Crippen molar-refractivity contribution >= 4 is 27.8 Å². The van der Waals surface area contributed by atoms with Crippen LogP contribution in [0.5, 0.6) is 0 Å². The Labute approximate surface area is 300 Å². The fourth-order valence-electron chi connectivity index (χ4n) is 12.8. The number of hydrogen-bond acceptors (Lipinski definition) is 1. The van der Waals surface area contributed by atoms with Crippen LogP contribution >= 0.6 is 0 Å². The number of benzene rings is 7. The van der Waals surface area contributed by atoms with Crippen LogP contribution in [-0.2, 0) is 5.41 Å². The summed E-state index contributed by atoms with van der Waals surface area (Å²) in [5.41, 5.74) is 15.6. The normalized spacial score (nSPS) is 27.1. The predicted octanol–water partition coefficient (Wildman–Crippen LogP) is 13.0. The van der Waals surface area contributed by atoms with Crippen molar-refractivity contribution in [3.63, 3.8) is 0 Å². The lowest BCUT2D eigenvalue weighted by atomic mass is 9.27. The summed E-state index contributed by atoms with van der Waals surface area (Å²) in [6.45, 7) is 0. The van der Waals surface area contributed by atoms with Gasteiger partial charge >= 0.3 is 0 Å². The highest BCUT2D eigenvalue weighted by molar-refractivity contribution is 6.08. The number of nitrogens with zero attached hydrogens (tertiary/aromatic N) is 1. The summed E-state index contributed by atoms with van der Waals surface area (Å²) in [5, 5.41) is 2.56. The lowest BCUT2D eigenvalue weighted by Gasteiger charge is -2.76. The molecule has 0 N–H and O–H groups in total. The van der Waals surface area contributed by atoms with Gasteiger partial charge in [-0.25, -0.2) is 0 Å². The first kappa shape index (κ1) is 28.3. The maximum absolute atomic E-state index is 2.63. The number of rotatable bonds is 5. The van der Waals surface area contributed by atoms with Crippen LogP contribution in [0.1, 0.15) is 36.8 Å². The SMILES string of the molecule is c1ccc(-c2cccc3cccc(-c4ccccc4N(c4ccccc4)c4ccc5c(c4)C4(c6ccccc6-5)C5CC6CC7CC4C75C6)c23)cc1. The van der Waals surface area contributed by atoms with E-state index in [2.05, 4.69) is 169 Å². The molecule has 1 nitrogen and oxygen atoms in total. The van der Waals surface area contributed by atoms with Gasteiger partial charge < -0.3 is 4.90 Å². The molecule has 51 heavy (non-hydrogen) atoms. The summed E-state index contributed by atoms with van der Waals surface area (Å²) in [5.74, 6) is 3.49. The molecular weight excluding hydrogens is 615 g/mol. The van der Waals surface area contributed by atoms with Gasteiger partial charge in [-0.1, -0.05) is 133 Å². The van der Waals surface area contributed by atoms with E-state index in [4.69, 9.17) is 0 Å². The van der Waals surface area contributed by atoms with Crippen molar-refractivity contribution < 1.29 is 0 Å². The molecule has 0 aromatic heterocycles. The van der Waals surface area contributed by atoms with Crippen LogP contribution in [0.4, 0.5) is 17.1 Å². The molecule has 12 rings (SSSR count). The van der Waals surface area contributed by atoms with Crippen LogP contribution in [0.15, 0.2) is 164 Å². The van der Waals surface area contributed by atoms with Gasteiger partial charge in [0.05, 0.1) is 5.69 Å². The van der Waals surface area contributed by atoms with Crippen LogP contribution in [0.2, 0.25) is 0 Å². The quantitative estimate of drug-likeness (QED) is 0.179. The Morgan fingerprint density at radius 1 is 0.471 bits per heavy atom. The van der Waals surface area contributed by atoms with E-state index >= 15 is 0 Å². The number of hydrogen-bond donors (Lipinski definition) is 0. The Morgan fingerprint density at radius 3 is 1.96 bits per heavy atom. The molecule has 0 radical (unpaired) electrons. The molecule has 0 amide bonds. The van der Waals surface area contributed by atoms with E-state index in [1.54, 1.807) is 11.1 Å². The van der Waals surface area contributed by atoms with E-state index in [-0.39, 0.29) is 5.41 Å². The fourth-order valence-corrected chi connectivity index (χ4v) is 12.8. The van der Waals surface area contributed by atoms with E-state index in [1.807, 2.05) is 0 Å².